The monoisotopic (exact) mass is 877 g/mol. The van der Waals surface area contributed by atoms with E-state index in [2.05, 4.69) is 27.7 Å². The minimum Gasteiger partial charge on any atom is -0.462 e. The van der Waals surface area contributed by atoms with Crippen molar-refractivity contribution in [3.63, 3.8) is 0 Å². The molecule has 0 aromatic carbocycles. The number of carbonyl (C=O) groups is 3. The first-order valence-electron chi connectivity index (χ1n) is 27.9. The summed E-state index contributed by atoms with van der Waals surface area (Å²) in [5, 5.41) is 0. The van der Waals surface area contributed by atoms with Crippen LogP contribution < -0.4 is 0 Å². The van der Waals surface area contributed by atoms with Gasteiger partial charge in [0.1, 0.15) is 13.2 Å². The fourth-order valence-corrected chi connectivity index (χ4v) is 8.54. The average Bonchev–Trinajstić information content (AvgIpc) is 3.27. The van der Waals surface area contributed by atoms with Crippen LogP contribution in [0.2, 0.25) is 0 Å². The van der Waals surface area contributed by atoms with Gasteiger partial charge in [-0.3, -0.25) is 14.4 Å². The first-order chi connectivity index (χ1) is 30.4. The summed E-state index contributed by atoms with van der Waals surface area (Å²) in [5.41, 5.74) is 0. The molecule has 0 rings (SSSR count). The number of unbranched alkanes of at least 4 members (excludes halogenated alkanes) is 37. The third-order valence-electron chi connectivity index (χ3n) is 13.2. The normalized spacial score (nSPS) is 12.4. The van der Waals surface area contributed by atoms with Gasteiger partial charge in [-0.1, -0.05) is 278 Å². The zero-order valence-electron chi connectivity index (χ0n) is 42.3. The van der Waals surface area contributed by atoms with Crippen LogP contribution in [0.5, 0.6) is 0 Å². The molecule has 0 aromatic heterocycles. The van der Waals surface area contributed by atoms with Crippen LogP contribution in [0.3, 0.4) is 0 Å². The van der Waals surface area contributed by atoms with Gasteiger partial charge in [0, 0.05) is 19.3 Å². The van der Waals surface area contributed by atoms with E-state index in [0.29, 0.717) is 19.3 Å². The number of carbonyl (C=O) groups excluding carboxylic acids is 3. The minimum absolute atomic E-state index is 0.0623. The molecule has 0 fully saturated rings. The average molecular weight is 877 g/mol. The second-order valence-electron chi connectivity index (χ2n) is 19.5. The third kappa shape index (κ3) is 47.9. The van der Waals surface area contributed by atoms with Gasteiger partial charge < -0.3 is 14.2 Å². The van der Waals surface area contributed by atoms with E-state index in [9.17, 15) is 14.4 Å². The van der Waals surface area contributed by atoms with Gasteiger partial charge in [0.2, 0.25) is 0 Å². The molecule has 0 N–H and O–H groups in total. The van der Waals surface area contributed by atoms with Crippen LogP contribution >= 0.6 is 0 Å². The number of hydrogen-bond acceptors (Lipinski definition) is 6. The van der Waals surface area contributed by atoms with E-state index in [1.807, 2.05) is 0 Å². The van der Waals surface area contributed by atoms with Crippen LogP contribution in [0, 0.1) is 5.92 Å². The van der Waals surface area contributed by atoms with Crippen LogP contribution in [0.4, 0.5) is 0 Å². The van der Waals surface area contributed by atoms with Crippen LogP contribution in [0.1, 0.15) is 317 Å². The van der Waals surface area contributed by atoms with E-state index in [-0.39, 0.29) is 31.1 Å². The molecule has 0 aromatic rings. The molecule has 0 bridgehead atoms. The lowest BCUT2D eigenvalue weighted by molar-refractivity contribution is -0.167. The SMILES string of the molecule is CCCCCCCCCCCCCCCCCCCC(=O)OC[C@H](COC(=O)CCCCCCCCCCC)OC(=O)CCCCCCCCCCCCCCCCC(C)CC. The number of hydrogen-bond donors (Lipinski definition) is 0. The molecular formula is C56H108O6. The van der Waals surface area contributed by atoms with E-state index in [4.69, 9.17) is 14.2 Å². The number of ether oxygens (including phenoxy) is 3. The Kier molecular flexibility index (Phi) is 49.1. The molecule has 0 saturated carbocycles. The molecule has 6 nitrogen and oxygen atoms in total. The third-order valence-corrected chi connectivity index (χ3v) is 13.2. The van der Waals surface area contributed by atoms with Crippen molar-refractivity contribution in [2.75, 3.05) is 13.2 Å². The molecule has 1 unspecified atom stereocenters. The molecule has 62 heavy (non-hydrogen) atoms. The van der Waals surface area contributed by atoms with Crippen molar-refractivity contribution < 1.29 is 28.6 Å². The van der Waals surface area contributed by atoms with Crippen molar-refractivity contribution in [1.82, 2.24) is 0 Å². The smallest absolute Gasteiger partial charge is 0.306 e. The molecule has 368 valence electrons. The molecule has 0 radical (unpaired) electrons. The van der Waals surface area contributed by atoms with Gasteiger partial charge in [-0.15, -0.1) is 0 Å². The fourth-order valence-electron chi connectivity index (χ4n) is 8.54. The number of rotatable bonds is 51. The lowest BCUT2D eigenvalue weighted by atomic mass is 9.99. The van der Waals surface area contributed by atoms with Crippen LogP contribution in [0.25, 0.3) is 0 Å². The van der Waals surface area contributed by atoms with Crippen molar-refractivity contribution in [3.8, 4) is 0 Å². The zero-order chi connectivity index (χ0) is 45.2. The Morgan fingerprint density at radius 3 is 0.839 bits per heavy atom. The quantitative estimate of drug-likeness (QED) is 0.0344. The number of esters is 3. The first kappa shape index (κ1) is 60.4. The Morgan fingerprint density at radius 1 is 0.323 bits per heavy atom. The minimum atomic E-state index is -0.760. The Labute approximate surface area is 387 Å². The van der Waals surface area contributed by atoms with E-state index < -0.39 is 6.10 Å². The predicted molar refractivity (Wildman–Crippen MR) is 266 cm³/mol. The van der Waals surface area contributed by atoms with Crippen molar-refractivity contribution in [1.29, 1.82) is 0 Å². The van der Waals surface area contributed by atoms with Crippen LogP contribution in [0.15, 0.2) is 0 Å². The fraction of sp³-hybridized carbons (Fsp3) is 0.946. The highest BCUT2D eigenvalue weighted by molar-refractivity contribution is 5.71. The lowest BCUT2D eigenvalue weighted by Crippen LogP contribution is -2.30. The van der Waals surface area contributed by atoms with E-state index >= 15 is 0 Å². The maximum atomic E-state index is 12.8. The highest BCUT2D eigenvalue weighted by Crippen LogP contribution is 2.18. The predicted octanol–water partition coefficient (Wildman–Crippen LogP) is 18.2. The molecule has 0 heterocycles. The van der Waals surface area contributed by atoms with Gasteiger partial charge in [0.05, 0.1) is 0 Å². The van der Waals surface area contributed by atoms with Gasteiger partial charge in [-0.2, -0.15) is 0 Å². The van der Waals surface area contributed by atoms with Gasteiger partial charge >= 0.3 is 17.9 Å². The van der Waals surface area contributed by atoms with Gasteiger partial charge in [-0.05, 0) is 25.2 Å². The van der Waals surface area contributed by atoms with Crippen LogP contribution in [-0.4, -0.2) is 37.2 Å². The standard InChI is InChI=1S/C56H108O6/c1-5-8-10-12-14-16-17-18-19-20-21-25-28-32-36-40-44-48-55(58)61-51-53(50-60-54(57)47-43-39-35-30-15-13-11-9-6-2)62-56(59)49-45-41-37-33-29-26-23-22-24-27-31-34-38-42-46-52(4)7-3/h52-53H,5-51H2,1-4H3/t52?,53-/m0/s1. The molecular weight excluding hydrogens is 769 g/mol. The molecule has 0 aliphatic rings. The van der Waals surface area contributed by atoms with Gasteiger partial charge in [0.25, 0.3) is 0 Å². The van der Waals surface area contributed by atoms with Crippen molar-refractivity contribution in [3.05, 3.63) is 0 Å². The topological polar surface area (TPSA) is 78.9 Å². The highest BCUT2D eigenvalue weighted by atomic mass is 16.6. The van der Waals surface area contributed by atoms with E-state index in [1.54, 1.807) is 0 Å². The summed E-state index contributed by atoms with van der Waals surface area (Å²) in [6.07, 6.45) is 53.7. The Balaban J connectivity index is 4.23. The highest BCUT2D eigenvalue weighted by Gasteiger charge is 2.19. The largest absolute Gasteiger partial charge is 0.462 e. The Morgan fingerprint density at radius 2 is 0.565 bits per heavy atom. The lowest BCUT2D eigenvalue weighted by Gasteiger charge is -2.18. The molecule has 0 spiro atoms. The maximum Gasteiger partial charge on any atom is 0.306 e. The summed E-state index contributed by atoms with van der Waals surface area (Å²) in [7, 11) is 0. The second-order valence-corrected chi connectivity index (χ2v) is 19.5. The summed E-state index contributed by atoms with van der Waals surface area (Å²) in [4.78, 5) is 38.0. The molecule has 0 aliphatic carbocycles. The Hall–Kier alpha value is -1.59. The molecule has 2 atom stereocenters. The van der Waals surface area contributed by atoms with Crippen LogP contribution in [-0.2, 0) is 28.6 Å². The van der Waals surface area contributed by atoms with Crippen molar-refractivity contribution >= 4 is 17.9 Å². The summed E-state index contributed by atoms with van der Waals surface area (Å²) >= 11 is 0. The zero-order valence-corrected chi connectivity index (χ0v) is 42.3. The second kappa shape index (κ2) is 50.4. The van der Waals surface area contributed by atoms with Crippen molar-refractivity contribution in [2.24, 2.45) is 5.92 Å². The van der Waals surface area contributed by atoms with Gasteiger partial charge in [-0.25, -0.2) is 0 Å². The first-order valence-corrected chi connectivity index (χ1v) is 27.9. The summed E-state index contributed by atoms with van der Waals surface area (Å²) in [5.74, 6) is 0.0530. The van der Waals surface area contributed by atoms with E-state index in [1.165, 1.54) is 212 Å². The Bertz CT molecular complexity index is 935. The maximum absolute atomic E-state index is 12.8. The molecule has 6 heteroatoms. The van der Waals surface area contributed by atoms with Gasteiger partial charge in [0.15, 0.2) is 6.10 Å². The summed E-state index contributed by atoms with van der Waals surface area (Å²) in [6.45, 7) is 9.07. The summed E-state index contributed by atoms with van der Waals surface area (Å²) < 4.78 is 16.8. The molecule has 0 aliphatic heterocycles. The molecule has 0 amide bonds. The van der Waals surface area contributed by atoms with E-state index in [0.717, 1.165) is 63.7 Å². The van der Waals surface area contributed by atoms with Crippen molar-refractivity contribution in [2.45, 2.75) is 323 Å². The molecule has 0 saturated heterocycles. The summed E-state index contributed by atoms with van der Waals surface area (Å²) in [6, 6.07) is 0.